The monoisotopic (exact) mass is 391 g/mol. The number of esters is 1. The van der Waals surface area contributed by atoms with E-state index in [0.717, 1.165) is 27.7 Å². The molecule has 0 bridgehead atoms. The first-order chi connectivity index (χ1) is 14.0. The number of nitrogens with one attached hydrogen (secondary N) is 3. The zero-order chi connectivity index (χ0) is 20.4. The lowest BCUT2D eigenvalue weighted by molar-refractivity contribution is -0.150. The zero-order valence-electron chi connectivity index (χ0n) is 15.6. The Hall–Kier alpha value is -4.08. The van der Waals surface area contributed by atoms with Gasteiger partial charge in [0.1, 0.15) is 0 Å². The van der Waals surface area contributed by atoms with Crippen LogP contribution in [0, 0.1) is 0 Å². The first kappa shape index (κ1) is 18.3. The molecule has 29 heavy (non-hydrogen) atoms. The number of nitrogens with zero attached hydrogens (tertiary/aromatic N) is 4. The number of ether oxygens (including phenoxy) is 1. The third-order valence-corrected chi connectivity index (χ3v) is 4.28. The minimum absolute atomic E-state index is 0.413. The van der Waals surface area contributed by atoms with Gasteiger partial charge in [-0.25, -0.2) is 0 Å². The van der Waals surface area contributed by atoms with Gasteiger partial charge in [0.25, 0.3) is 5.91 Å². The smallest absolute Gasteiger partial charge is 0.303 e. The molecule has 1 atom stereocenters. The largest absolute Gasteiger partial charge is 0.453 e. The number of benzene rings is 2. The summed E-state index contributed by atoms with van der Waals surface area (Å²) < 4.78 is 4.91. The van der Waals surface area contributed by atoms with Gasteiger partial charge in [-0.15, -0.1) is 10.2 Å². The number of anilines is 1. The summed E-state index contributed by atoms with van der Waals surface area (Å²) in [5.41, 5.74) is 3.74. The van der Waals surface area contributed by atoms with E-state index in [1.54, 1.807) is 12.1 Å². The average Bonchev–Trinajstić information content (AvgIpc) is 3.37. The van der Waals surface area contributed by atoms with E-state index in [0.29, 0.717) is 11.5 Å². The van der Waals surface area contributed by atoms with Crippen LogP contribution in [0.5, 0.6) is 0 Å². The maximum Gasteiger partial charge on any atom is 0.303 e. The highest BCUT2D eigenvalue weighted by atomic mass is 16.5. The fourth-order valence-electron chi connectivity index (χ4n) is 2.95. The van der Waals surface area contributed by atoms with E-state index < -0.39 is 18.0 Å². The van der Waals surface area contributed by atoms with Crippen molar-refractivity contribution in [1.29, 1.82) is 0 Å². The van der Waals surface area contributed by atoms with Crippen LogP contribution in [-0.4, -0.2) is 48.8 Å². The Morgan fingerprint density at radius 1 is 1.10 bits per heavy atom. The van der Waals surface area contributed by atoms with Crippen molar-refractivity contribution in [1.82, 2.24) is 30.8 Å². The molecule has 0 fully saturated rings. The van der Waals surface area contributed by atoms with Gasteiger partial charge in [-0.05, 0) is 42.5 Å². The maximum absolute atomic E-state index is 12.2. The molecule has 0 aliphatic heterocycles. The van der Waals surface area contributed by atoms with Crippen LogP contribution >= 0.6 is 0 Å². The number of fused-ring (bicyclic) bond motifs is 1. The molecule has 0 spiro atoms. The van der Waals surface area contributed by atoms with E-state index in [2.05, 4.69) is 36.1 Å². The first-order valence-corrected chi connectivity index (χ1v) is 8.82. The number of aromatic amines is 2. The molecule has 2 aromatic carbocycles. The van der Waals surface area contributed by atoms with Gasteiger partial charge >= 0.3 is 5.97 Å². The Bertz CT molecular complexity index is 1180. The molecule has 10 heteroatoms. The highest BCUT2D eigenvalue weighted by molar-refractivity contribution is 5.98. The van der Waals surface area contributed by atoms with Gasteiger partial charge in [0.15, 0.2) is 6.10 Å². The van der Waals surface area contributed by atoms with Crippen molar-refractivity contribution in [3.63, 3.8) is 0 Å². The van der Waals surface area contributed by atoms with Crippen LogP contribution in [0.15, 0.2) is 42.5 Å². The number of aromatic nitrogens is 6. The third kappa shape index (κ3) is 3.81. The van der Waals surface area contributed by atoms with E-state index in [1.165, 1.54) is 13.8 Å². The van der Waals surface area contributed by atoms with Gasteiger partial charge in [-0.2, -0.15) is 10.3 Å². The van der Waals surface area contributed by atoms with Crippen molar-refractivity contribution in [3.05, 3.63) is 42.5 Å². The Labute approximate surface area is 164 Å². The van der Waals surface area contributed by atoms with Crippen LogP contribution in [0.25, 0.3) is 33.5 Å². The van der Waals surface area contributed by atoms with Crippen LogP contribution < -0.4 is 5.32 Å². The zero-order valence-corrected chi connectivity index (χ0v) is 15.6. The van der Waals surface area contributed by atoms with Gasteiger partial charge in [-0.1, -0.05) is 12.1 Å². The van der Waals surface area contributed by atoms with E-state index in [9.17, 15) is 9.59 Å². The molecular formula is C19H17N7O3. The summed E-state index contributed by atoms with van der Waals surface area (Å²) in [6, 6.07) is 12.9. The summed E-state index contributed by atoms with van der Waals surface area (Å²) in [5.74, 6) is -0.440. The Balaban J connectivity index is 1.64. The fourth-order valence-corrected chi connectivity index (χ4v) is 2.95. The van der Waals surface area contributed by atoms with Gasteiger partial charge < -0.3 is 10.1 Å². The van der Waals surface area contributed by atoms with Crippen molar-refractivity contribution in [2.75, 3.05) is 5.32 Å². The molecular weight excluding hydrogens is 374 g/mol. The highest BCUT2D eigenvalue weighted by Crippen LogP contribution is 2.30. The Kier molecular flexibility index (Phi) is 4.73. The summed E-state index contributed by atoms with van der Waals surface area (Å²) in [6.45, 7) is 2.77. The van der Waals surface area contributed by atoms with E-state index in [4.69, 9.17) is 4.74 Å². The first-order valence-electron chi connectivity index (χ1n) is 8.82. The Morgan fingerprint density at radius 2 is 1.97 bits per heavy atom. The average molecular weight is 391 g/mol. The number of hydrogen-bond donors (Lipinski definition) is 3. The number of H-pyrrole nitrogens is 2. The molecule has 0 saturated heterocycles. The minimum atomic E-state index is -0.889. The summed E-state index contributed by atoms with van der Waals surface area (Å²) in [6.07, 6.45) is -0.889. The van der Waals surface area contributed by atoms with E-state index >= 15 is 0 Å². The molecule has 2 heterocycles. The van der Waals surface area contributed by atoms with Crippen LogP contribution in [0.2, 0.25) is 0 Å². The Morgan fingerprint density at radius 3 is 2.72 bits per heavy atom. The molecule has 0 saturated carbocycles. The van der Waals surface area contributed by atoms with Crippen LogP contribution in [-0.2, 0) is 14.3 Å². The molecule has 0 radical (unpaired) electrons. The quantitative estimate of drug-likeness (QED) is 0.444. The van der Waals surface area contributed by atoms with E-state index in [-0.39, 0.29) is 0 Å². The second-order valence-corrected chi connectivity index (χ2v) is 6.39. The minimum Gasteiger partial charge on any atom is -0.453 e. The lowest BCUT2D eigenvalue weighted by Gasteiger charge is -2.12. The number of carbonyl (C=O) groups excluding carboxylic acids is 2. The maximum atomic E-state index is 12.2. The standard InChI is InChI=1S/C19H17N7O3/c1-10(29-11(2)27)19(28)20-14-5-3-4-12(8-14)17-15-9-13(18-23-25-26-24-18)6-7-16(15)21-22-17/h3-10H,1-2H3,(H,20,28)(H,21,22)(H,23,24,25,26)/t10-/m0/s1. The lowest BCUT2D eigenvalue weighted by Crippen LogP contribution is -2.29. The molecule has 1 amide bonds. The van der Waals surface area contributed by atoms with Gasteiger partial charge in [-0.3, -0.25) is 14.7 Å². The molecule has 3 N–H and O–H groups in total. The van der Waals surface area contributed by atoms with Crippen LogP contribution in [0.3, 0.4) is 0 Å². The predicted molar refractivity (Wildman–Crippen MR) is 105 cm³/mol. The number of carbonyl (C=O) groups is 2. The number of rotatable bonds is 5. The topological polar surface area (TPSA) is 139 Å². The van der Waals surface area contributed by atoms with Crippen molar-refractivity contribution < 1.29 is 14.3 Å². The fraction of sp³-hybridized carbons (Fsp3) is 0.158. The van der Waals surface area contributed by atoms with Crippen LogP contribution in [0.1, 0.15) is 13.8 Å². The molecule has 146 valence electrons. The van der Waals surface area contributed by atoms with E-state index in [1.807, 2.05) is 30.3 Å². The number of amides is 1. The summed E-state index contributed by atoms with van der Waals surface area (Å²) in [4.78, 5) is 23.2. The molecule has 2 aromatic heterocycles. The molecule has 0 aliphatic carbocycles. The van der Waals surface area contributed by atoms with Crippen molar-refractivity contribution in [3.8, 4) is 22.6 Å². The summed E-state index contributed by atoms with van der Waals surface area (Å²) >= 11 is 0. The molecule has 4 rings (SSSR count). The molecule has 10 nitrogen and oxygen atoms in total. The van der Waals surface area contributed by atoms with Crippen LogP contribution in [0.4, 0.5) is 5.69 Å². The number of tetrazole rings is 1. The second-order valence-electron chi connectivity index (χ2n) is 6.39. The molecule has 0 unspecified atom stereocenters. The molecule has 0 aliphatic rings. The normalized spacial score (nSPS) is 11.9. The summed E-state index contributed by atoms with van der Waals surface area (Å²) in [7, 11) is 0. The lowest BCUT2D eigenvalue weighted by atomic mass is 10.0. The highest BCUT2D eigenvalue weighted by Gasteiger charge is 2.17. The van der Waals surface area contributed by atoms with Gasteiger partial charge in [0.05, 0.1) is 11.2 Å². The number of hydrogen-bond acceptors (Lipinski definition) is 7. The third-order valence-electron chi connectivity index (χ3n) is 4.28. The predicted octanol–water partition coefficient (Wildman–Crippen LogP) is 2.30. The summed E-state index contributed by atoms with van der Waals surface area (Å²) in [5, 5.41) is 25.1. The SMILES string of the molecule is CC(=O)O[C@@H](C)C(=O)Nc1cccc(-c2n[nH]c3ccc(-c4nn[nH]n4)cc23)c1. The van der Waals surface area contributed by atoms with Gasteiger partial charge in [0.2, 0.25) is 5.82 Å². The molecule has 4 aromatic rings. The van der Waals surface area contributed by atoms with Gasteiger partial charge in [0, 0.05) is 29.1 Å². The van der Waals surface area contributed by atoms with Crippen molar-refractivity contribution in [2.24, 2.45) is 0 Å². The second kappa shape index (κ2) is 7.50. The van der Waals surface area contributed by atoms with Crippen molar-refractivity contribution >= 4 is 28.5 Å². The van der Waals surface area contributed by atoms with Crippen molar-refractivity contribution in [2.45, 2.75) is 20.0 Å².